The molecular weight excluding hydrogens is 567 g/mol. The quantitative estimate of drug-likeness (QED) is 0.253. The van der Waals surface area contributed by atoms with Gasteiger partial charge in [0.1, 0.15) is 17.4 Å². The first kappa shape index (κ1) is 30.1. The minimum Gasteiger partial charge on any atom is -0.428 e. The number of benzene rings is 3. The SMILES string of the molecule is O=C(NC1CCC1)N[C@@](Cc1ccccc1)(c1cc(F)cc(OC(F)(F)C(F)F)c1)c1ccc(F)c(C(F)(F)F)c1. The number of hydrogen-bond donors (Lipinski definition) is 2. The Kier molecular flexibility index (Phi) is 8.46. The maximum atomic E-state index is 14.9. The molecule has 0 radical (unpaired) electrons. The van der Waals surface area contributed by atoms with E-state index in [1.807, 2.05) is 0 Å². The van der Waals surface area contributed by atoms with Crippen molar-refractivity contribution in [3.05, 3.63) is 101 Å². The van der Waals surface area contributed by atoms with Crippen molar-refractivity contribution in [3.8, 4) is 5.75 Å². The zero-order valence-corrected chi connectivity index (χ0v) is 21.1. The van der Waals surface area contributed by atoms with Crippen LogP contribution in [0.25, 0.3) is 0 Å². The van der Waals surface area contributed by atoms with Crippen molar-refractivity contribution in [1.29, 1.82) is 0 Å². The Balaban J connectivity index is 1.96. The van der Waals surface area contributed by atoms with E-state index in [0.29, 0.717) is 42.7 Å². The molecule has 41 heavy (non-hydrogen) atoms. The van der Waals surface area contributed by atoms with Crippen molar-refractivity contribution in [2.75, 3.05) is 0 Å². The molecule has 2 amide bonds. The Morgan fingerprint density at radius 2 is 1.59 bits per heavy atom. The van der Waals surface area contributed by atoms with Crippen molar-refractivity contribution in [1.82, 2.24) is 10.6 Å². The number of carbonyl (C=O) groups is 1. The lowest BCUT2D eigenvalue weighted by atomic mass is 9.77. The van der Waals surface area contributed by atoms with Crippen LogP contribution in [0.4, 0.5) is 44.3 Å². The van der Waals surface area contributed by atoms with E-state index in [-0.39, 0.29) is 12.5 Å². The standard InChI is InChI=1S/C28H23F9N2O2/c29-19-11-18(12-21(14-19)41-28(36,37)24(31)32)26(15-16-5-2-1-3-6-16,39-25(40)38-20-7-4-8-20)17-9-10-23(30)22(13-17)27(33,34)35/h1-3,5-6,9-14,20,24H,4,7-8,15H2,(H2,38,39,40)/t26-/m1/s1. The van der Waals surface area contributed by atoms with Crippen molar-refractivity contribution >= 4 is 6.03 Å². The lowest BCUT2D eigenvalue weighted by molar-refractivity contribution is -0.253. The van der Waals surface area contributed by atoms with E-state index in [0.717, 1.165) is 18.6 Å². The van der Waals surface area contributed by atoms with Crippen LogP contribution in [0, 0.1) is 11.6 Å². The number of ether oxygens (including phenoxy) is 1. The lowest BCUT2D eigenvalue weighted by Crippen LogP contribution is -2.55. The Bertz CT molecular complexity index is 1380. The third kappa shape index (κ3) is 6.88. The Hall–Kier alpha value is -3.90. The normalized spacial score (nSPS) is 15.7. The smallest absolute Gasteiger partial charge is 0.428 e. The van der Waals surface area contributed by atoms with Crippen LogP contribution in [-0.4, -0.2) is 24.6 Å². The predicted molar refractivity (Wildman–Crippen MR) is 130 cm³/mol. The molecule has 1 aliphatic carbocycles. The Labute approximate surface area is 228 Å². The van der Waals surface area contributed by atoms with E-state index in [1.54, 1.807) is 18.2 Å². The van der Waals surface area contributed by atoms with E-state index in [9.17, 15) is 44.3 Å². The van der Waals surface area contributed by atoms with Crippen LogP contribution in [0.2, 0.25) is 0 Å². The number of carbonyl (C=O) groups excluding carboxylic acids is 1. The van der Waals surface area contributed by atoms with Crippen molar-refractivity contribution < 1.29 is 49.0 Å². The fraction of sp³-hybridized carbons (Fsp3) is 0.321. The van der Waals surface area contributed by atoms with Crippen molar-refractivity contribution in [3.63, 3.8) is 0 Å². The molecule has 3 aromatic carbocycles. The zero-order chi connectivity index (χ0) is 30.0. The molecule has 0 bridgehead atoms. The van der Waals surface area contributed by atoms with Crippen LogP contribution in [0.15, 0.2) is 66.7 Å². The van der Waals surface area contributed by atoms with Crippen molar-refractivity contribution in [2.24, 2.45) is 0 Å². The fourth-order valence-corrected chi connectivity index (χ4v) is 4.51. The first-order valence-corrected chi connectivity index (χ1v) is 12.4. The van der Waals surface area contributed by atoms with Crippen LogP contribution in [0.5, 0.6) is 5.75 Å². The molecule has 4 nitrogen and oxygen atoms in total. The third-order valence-corrected chi connectivity index (χ3v) is 6.72. The Morgan fingerprint density at radius 3 is 2.17 bits per heavy atom. The summed E-state index contributed by atoms with van der Waals surface area (Å²) >= 11 is 0. The van der Waals surface area contributed by atoms with Gasteiger partial charge in [-0.2, -0.15) is 30.7 Å². The van der Waals surface area contributed by atoms with Crippen molar-refractivity contribution in [2.45, 2.75) is 56.0 Å². The summed E-state index contributed by atoms with van der Waals surface area (Å²) in [6, 6.07) is 10.4. The molecule has 4 rings (SSSR count). The second kappa shape index (κ2) is 11.5. The molecule has 13 heteroatoms. The lowest BCUT2D eigenvalue weighted by Gasteiger charge is -2.38. The summed E-state index contributed by atoms with van der Waals surface area (Å²) in [5, 5.41) is 5.20. The number of urea groups is 1. The number of nitrogens with one attached hydrogen (secondary N) is 2. The van der Waals surface area contributed by atoms with E-state index in [2.05, 4.69) is 15.4 Å². The van der Waals surface area contributed by atoms with E-state index in [1.165, 1.54) is 12.1 Å². The second-order valence-electron chi connectivity index (χ2n) is 9.63. The molecule has 0 saturated heterocycles. The van der Waals surface area contributed by atoms with Gasteiger partial charge >= 0.3 is 24.7 Å². The van der Waals surface area contributed by atoms with Gasteiger partial charge in [-0.3, -0.25) is 0 Å². The first-order chi connectivity index (χ1) is 19.2. The second-order valence-corrected chi connectivity index (χ2v) is 9.63. The molecule has 0 spiro atoms. The van der Waals surface area contributed by atoms with Gasteiger partial charge in [0.2, 0.25) is 0 Å². The summed E-state index contributed by atoms with van der Waals surface area (Å²) in [4.78, 5) is 13.2. The molecule has 2 N–H and O–H groups in total. The minimum absolute atomic E-state index is 0.264. The van der Waals surface area contributed by atoms with Gasteiger partial charge in [-0.15, -0.1) is 0 Å². The Morgan fingerprint density at radius 1 is 0.902 bits per heavy atom. The zero-order valence-electron chi connectivity index (χ0n) is 21.1. The maximum Gasteiger partial charge on any atom is 0.461 e. The van der Waals surface area contributed by atoms with Crippen LogP contribution >= 0.6 is 0 Å². The molecule has 220 valence electrons. The monoisotopic (exact) mass is 590 g/mol. The van der Waals surface area contributed by atoms with Gasteiger partial charge in [-0.1, -0.05) is 36.4 Å². The van der Waals surface area contributed by atoms with Gasteiger partial charge in [0.05, 0.1) is 11.1 Å². The van der Waals surface area contributed by atoms with E-state index in [4.69, 9.17) is 0 Å². The van der Waals surface area contributed by atoms with Crippen LogP contribution in [0.3, 0.4) is 0 Å². The van der Waals surface area contributed by atoms with E-state index >= 15 is 0 Å². The summed E-state index contributed by atoms with van der Waals surface area (Å²) < 4.78 is 128. The average molecular weight is 590 g/mol. The number of hydrogen-bond acceptors (Lipinski definition) is 2. The molecule has 1 saturated carbocycles. The van der Waals surface area contributed by atoms with Crippen LogP contribution in [-0.2, 0) is 18.1 Å². The van der Waals surface area contributed by atoms with Gasteiger partial charge in [0.25, 0.3) is 0 Å². The van der Waals surface area contributed by atoms with Gasteiger partial charge in [-0.25, -0.2) is 13.6 Å². The highest BCUT2D eigenvalue weighted by molar-refractivity contribution is 5.76. The topological polar surface area (TPSA) is 50.4 Å². The summed E-state index contributed by atoms with van der Waals surface area (Å²) in [5.41, 5.74) is -4.30. The molecule has 0 aliphatic heterocycles. The number of halogens is 9. The molecule has 1 fully saturated rings. The number of alkyl halides is 7. The molecule has 1 aliphatic rings. The maximum absolute atomic E-state index is 14.9. The van der Waals surface area contributed by atoms with Gasteiger partial charge in [0.15, 0.2) is 0 Å². The largest absolute Gasteiger partial charge is 0.461 e. The van der Waals surface area contributed by atoms with Gasteiger partial charge in [0, 0.05) is 18.5 Å². The summed E-state index contributed by atoms with van der Waals surface area (Å²) in [6.45, 7) is 0. The highest BCUT2D eigenvalue weighted by atomic mass is 19.4. The minimum atomic E-state index is -5.18. The highest BCUT2D eigenvalue weighted by Gasteiger charge is 2.45. The molecule has 3 aromatic rings. The van der Waals surface area contributed by atoms with E-state index < -0.39 is 64.4 Å². The highest BCUT2D eigenvalue weighted by Crippen LogP contribution is 2.40. The molecule has 0 unspecified atom stereocenters. The molecule has 0 aromatic heterocycles. The molecular formula is C28H23F9N2O2. The van der Waals surface area contributed by atoms with Crippen LogP contribution < -0.4 is 15.4 Å². The summed E-state index contributed by atoms with van der Waals surface area (Å²) in [6.07, 6.45) is -12.8. The predicted octanol–water partition coefficient (Wildman–Crippen LogP) is 7.56. The molecule has 0 heterocycles. The number of rotatable bonds is 9. The number of amides is 2. The van der Waals surface area contributed by atoms with Gasteiger partial charge in [-0.05, 0) is 60.2 Å². The third-order valence-electron chi connectivity index (χ3n) is 6.72. The molecule has 1 atom stereocenters. The fourth-order valence-electron chi connectivity index (χ4n) is 4.51. The van der Waals surface area contributed by atoms with Crippen LogP contribution in [0.1, 0.15) is 41.5 Å². The summed E-state index contributed by atoms with van der Waals surface area (Å²) in [5.74, 6) is -3.99. The summed E-state index contributed by atoms with van der Waals surface area (Å²) in [7, 11) is 0. The average Bonchev–Trinajstić information content (AvgIpc) is 2.85. The first-order valence-electron chi connectivity index (χ1n) is 12.4. The van der Waals surface area contributed by atoms with Gasteiger partial charge < -0.3 is 15.4 Å².